The smallest absolute Gasteiger partial charge is 0.307 e. The Kier molecular flexibility index (Phi) is 3.88. The molecule has 0 radical (unpaired) electrons. The summed E-state index contributed by atoms with van der Waals surface area (Å²) in [6, 6.07) is 1.75. The Labute approximate surface area is 125 Å². The van der Waals surface area contributed by atoms with Crippen molar-refractivity contribution >= 4 is 16.0 Å². The molecule has 0 unspecified atom stereocenters. The Morgan fingerprint density at radius 3 is 2.33 bits per heavy atom. The van der Waals surface area contributed by atoms with Gasteiger partial charge in [0.1, 0.15) is 0 Å². The van der Waals surface area contributed by atoms with Gasteiger partial charge in [0, 0.05) is 5.54 Å². The van der Waals surface area contributed by atoms with Crippen molar-refractivity contribution in [3.63, 3.8) is 0 Å². The Morgan fingerprint density at radius 2 is 1.86 bits per heavy atom. The summed E-state index contributed by atoms with van der Waals surface area (Å²) in [6.45, 7) is 7.11. The first-order chi connectivity index (χ1) is 9.56. The summed E-state index contributed by atoms with van der Waals surface area (Å²) < 4.78 is 28.0. The maximum absolute atomic E-state index is 12.6. The lowest BCUT2D eigenvalue weighted by atomic mass is 9.97. The maximum atomic E-state index is 12.6. The van der Waals surface area contributed by atoms with E-state index in [1.807, 2.05) is 13.8 Å². The lowest BCUT2D eigenvalue weighted by Crippen LogP contribution is -2.35. The van der Waals surface area contributed by atoms with Gasteiger partial charge in [-0.3, -0.25) is 4.79 Å². The van der Waals surface area contributed by atoms with E-state index in [0.29, 0.717) is 16.7 Å². The number of hydrogen-bond acceptors (Lipinski definition) is 3. The first-order valence-electron chi connectivity index (χ1n) is 6.91. The summed E-state index contributed by atoms with van der Waals surface area (Å²) in [6.07, 6.45) is 1.49. The molecule has 0 saturated heterocycles. The van der Waals surface area contributed by atoms with E-state index in [2.05, 4.69) is 4.72 Å². The highest BCUT2D eigenvalue weighted by Crippen LogP contribution is 2.37. The number of nitrogens with one attached hydrogen (secondary N) is 1. The number of carboxylic acids is 1. The van der Waals surface area contributed by atoms with Crippen molar-refractivity contribution in [3.05, 3.63) is 28.3 Å². The fourth-order valence-electron chi connectivity index (χ4n) is 2.71. The van der Waals surface area contributed by atoms with Crippen molar-refractivity contribution in [1.29, 1.82) is 0 Å². The van der Waals surface area contributed by atoms with Gasteiger partial charge in [-0.2, -0.15) is 0 Å². The molecule has 1 aromatic rings. The monoisotopic (exact) mass is 311 g/mol. The predicted molar refractivity (Wildman–Crippen MR) is 80.0 cm³/mol. The van der Waals surface area contributed by atoms with Crippen LogP contribution in [0.15, 0.2) is 11.0 Å². The minimum Gasteiger partial charge on any atom is -0.481 e. The molecule has 0 bridgehead atoms. The average molecular weight is 311 g/mol. The van der Waals surface area contributed by atoms with Crippen molar-refractivity contribution in [2.45, 2.75) is 57.4 Å². The second kappa shape index (κ2) is 5.10. The number of carbonyl (C=O) groups is 1. The van der Waals surface area contributed by atoms with Crippen molar-refractivity contribution in [2.75, 3.05) is 0 Å². The third kappa shape index (κ3) is 3.27. The number of rotatable bonds is 5. The number of benzene rings is 1. The zero-order valence-electron chi connectivity index (χ0n) is 12.8. The van der Waals surface area contributed by atoms with Crippen LogP contribution in [0.3, 0.4) is 0 Å². The van der Waals surface area contributed by atoms with Crippen LogP contribution in [0.1, 0.15) is 42.0 Å². The number of carboxylic acid groups (broad SMARTS) is 1. The van der Waals surface area contributed by atoms with E-state index in [0.717, 1.165) is 18.4 Å². The van der Waals surface area contributed by atoms with Gasteiger partial charge in [0.05, 0.1) is 11.3 Å². The van der Waals surface area contributed by atoms with Crippen molar-refractivity contribution in [3.8, 4) is 0 Å². The quantitative estimate of drug-likeness (QED) is 0.872. The topological polar surface area (TPSA) is 83.5 Å². The van der Waals surface area contributed by atoms with Crippen LogP contribution in [-0.2, 0) is 21.2 Å². The van der Waals surface area contributed by atoms with Crippen molar-refractivity contribution in [1.82, 2.24) is 4.72 Å². The van der Waals surface area contributed by atoms with Crippen LogP contribution in [-0.4, -0.2) is 25.0 Å². The molecule has 0 amide bonds. The zero-order chi connectivity index (χ0) is 16.0. The molecule has 0 heterocycles. The van der Waals surface area contributed by atoms with Crippen LogP contribution in [0.4, 0.5) is 0 Å². The van der Waals surface area contributed by atoms with E-state index < -0.39 is 16.0 Å². The van der Waals surface area contributed by atoms with Gasteiger partial charge in [-0.15, -0.1) is 0 Å². The van der Waals surface area contributed by atoms with E-state index in [4.69, 9.17) is 5.11 Å². The largest absolute Gasteiger partial charge is 0.481 e. The molecule has 116 valence electrons. The Hall–Kier alpha value is -1.40. The van der Waals surface area contributed by atoms with Crippen LogP contribution in [0.25, 0.3) is 0 Å². The van der Waals surface area contributed by atoms with Gasteiger partial charge < -0.3 is 5.11 Å². The zero-order valence-corrected chi connectivity index (χ0v) is 13.6. The first kappa shape index (κ1) is 16.0. The van der Waals surface area contributed by atoms with E-state index in [9.17, 15) is 13.2 Å². The van der Waals surface area contributed by atoms with E-state index in [1.165, 1.54) is 0 Å². The molecule has 0 atom stereocenters. The van der Waals surface area contributed by atoms with Gasteiger partial charge in [-0.25, -0.2) is 13.1 Å². The summed E-state index contributed by atoms with van der Waals surface area (Å²) >= 11 is 0. The Bertz CT molecular complexity index is 703. The van der Waals surface area contributed by atoms with Crippen LogP contribution in [0, 0.1) is 20.8 Å². The third-order valence-electron chi connectivity index (χ3n) is 4.04. The Balaban J connectivity index is 2.55. The van der Waals surface area contributed by atoms with E-state index in [1.54, 1.807) is 19.9 Å². The number of hydrogen-bond donors (Lipinski definition) is 2. The second-order valence-corrected chi connectivity index (χ2v) is 7.80. The molecule has 2 N–H and O–H groups in total. The van der Waals surface area contributed by atoms with Gasteiger partial charge in [0.2, 0.25) is 10.0 Å². The van der Waals surface area contributed by atoms with Gasteiger partial charge in [0.15, 0.2) is 0 Å². The summed E-state index contributed by atoms with van der Waals surface area (Å²) in [5.41, 5.74) is 2.22. The number of aliphatic carboxylic acids is 1. The van der Waals surface area contributed by atoms with Gasteiger partial charge in [-0.05, 0) is 62.8 Å². The minimum atomic E-state index is -3.63. The van der Waals surface area contributed by atoms with Crippen molar-refractivity contribution < 1.29 is 18.3 Å². The predicted octanol–water partition coefficient (Wildman–Crippen LogP) is 2.07. The molecule has 1 aromatic carbocycles. The molecule has 1 aliphatic carbocycles. The van der Waals surface area contributed by atoms with Gasteiger partial charge in [-0.1, -0.05) is 6.07 Å². The fourth-order valence-corrected chi connectivity index (χ4v) is 4.67. The molecule has 5 nitrogen and oxygen atoms in total. The SMILES string of the molecule is Cc1cc(C)c(S(=O)(=O)NC2(C)CC2)c(C)c1CC(=O)O. The van der Waals surface area contributed by atoms with E-state index >= 15 is 0 Å². The molecule has 0 aromatic heterocycles. The molecule has 0 aliphatic heterocycles. The van der Waals surface area contributed by atoms with E-state index in [-0.39, 0.29) is 16.9 Å². The molecular formula is C15H21NO4S. The lowest BCUT2D eigenvalue weighted by Gasteiger charge is -2.19. The van der Waals surface area contributed by atoms with Crippen LogP contribution in [0.2, 0.25) is 0 Å². The van der Waals surface area contributed by atoms with Crippen LogP contribution in [0.5, 0.6) is 0 Å². The molecular weight excluding hydrogens is 290 g/mol. The van der Waals surface area contributed by atoms with Crippen LogP contribution >= 0.6 is 0 Å². The molecule has 6 heteroatoms. The maximum Gasteiger partial charge on any atom is 0.307 e. The summed E-state index contributed by atoms with van der Waals surface area (Å²) in [5, 5.41) is 9.01. The lowest BCUT2D eigenvalue weighted by molar-refractivity contribution is -0.136. The summed E-state index contributed by atoms with van der Waals surface area (Å²) in [7, 11) is -3.63. The van der Waals surface area contributed by atoms with Crippen molar-refractivity contribution in [2.24, 2.45) is 0 Å². The van der Waals surface area contributed by atoms with Gasteiger partial charge in [0.25, 0.3) is 0 Å². The summed E-state index contributed by atoms with van der Waals surface area (Å²) in [5.74, 6) is -0.962. The molecule has 0 spiro atoms. The third-order valence-corrected chi connectivity index (χ3v) is 5.97. The highest BCUT2D eigenvalue weighted by atomic mass is 32.2. The molecule has 1 saturated carbocycles. The van der Waals surface area contributed by atoms with Gasteiger partial charge >= 0.3 is 5.97 Å². The Morgan fingerprint density at radius 1 is 1.29 bits per heavy atom. The average Bonchev–Trinajstić information content (AvgIpc) is 2.99. The standard InChI is InChI=1S/C15H21NO4S/c1-9-7-10(2)14(11(3)12(9)8-13(17)18)21(19,20)16-15(4)5-6-15/h7,16H,5-6,8H2,1-4H3,(H,17,18). The number of sulfonamides is 1. The summed E-state index contributed by atoms with van der Waals surface area (Å²) in [4.78, 5) is 11.2. The molecule has 21 heavy (non-hydrogen) atoms. The highest BCUT2D eigenvalue weighted by molar-refractivity contribution is 7.89. The first-order valence-corrected chi connectivity index (χ1v) is 8.39. The number of aryl methyl sites for hydroxylation is 2. The minimum absolute atomic E-state index is 0.169. The molecule has 1 fully saturated rings. The second-order valence-electron chi connectivity index (χ2n) is 6.18. The molecule has 1 aliphatic rings. The fraction of sp³-hybridized carbons (Fsp3) is 0.533. The highest BCUT2D eigenvalue weighted by Gasteiger charge is 2.42. The van der Waals surface area contributed by atoms with Crippen LogP contribution < -0.4 is 4.72 Å². The molecule has 2 rings (SSSR count). The normalized spacial score (nSPS) is 16.8.